The van der Waals surface area contributed by atoms with Crippen molar-refractivity contribution in [1.82, 2.24) is 4.90 Å². The third-order valence-electron chi connectivity index (χ3n) is 2.16. The van der Waals surface area contributed by atoms with Crippen LogP contribution < -0.4 is 0 Å². The van der Waals surface area contributed by atoms with Gasteiger partial charge < -0.3 is 14.3 Å². The third-order valence-corrected chi connectivity index (χ3v) is 2.16. The van der Waals surface area contributed by atoms with Crippen LogP contribution in [0, 0.1) is 0 Å². The Bertz CT molecular complexity index is 259. The van der Waals surface area contributed by atoms with E-state index >= 15 is 0 Å². The second-order valence-corrected chi connectivity index (χ2v) is 4.81. The Morgan fingerprint density at radius 2 is 2.19 bits per heavy atom. The lowest BCUT2D eigenvalue weighted by Crippen LogP contribution is -2.45. The van der Waals surface area contributed by atoms with Gasteiger partial charge in [-0.1, -0.05) is 0 Å². The first-order valence-corrected chi connectivity index (χ1v) is 5.47. The predicted molar refractivity (Wildman–Crippen MR) is 58.2 cm³/mol. The fourth-order valence-corrected chi connectivity index (χ4v) is 1.46. The van der Waals surface area contributed by atoms with Gasteiger partial charge in [-0.05, 0) is 27.2 Å². The lowest BCUT2D eigenvalue weighted by atomic mass is 10.2. The number of ether oxygens (including phenoxy) is 2. The number of amides is 1. The van der Waals surface area contributed by atoms with Crippen molar-refractivity contribution in [3.63, 3.8) is 0 Å². The molecular formula is C11H19NO4. The zero-order valence-electron chi connectivity index (χ0n) is 10.1. The van der Waals surface area contributed by atoms with E-state index in [1.807, 2.05) is 0 Å². The highest BCUT2D eigenvalue weighted by Crippen LogP contribution is 2.13. The summed E-state index contributed by atoms with van der Waals surface area (Å²) < 4.78 is 10.5. The Morgan fingerprint density at radius 1 is 1.50 bits per heavy atom. The number of nitrogens with zero attached hydrogens (tertiary/aromatic N) is 1. The summed E-state index contributed by atoms with van der Waals surface area (Å²) >= 11 is 0. The number of hydrogen-bond donors (Lipinski definition) is 0. The summed E-state index contributed by atoms with van der Waals surface area (Å²) in [6.45, 7) is 6.73. The second-order valence-electron chi connectivity index (χ2n) is 4.81. The summed E-state index contributed by atoms with van der Waals surface area (Å²) in [5.74, 6) is 0. The van der Waals surface area contributed by atoms with E-state index in [4.69, 9.17) is 9.47 Å². The van der Waals surface area contributed by atoms with E-state index in [1.165, 1.54) is 4.90 Å². The van der Waals surface area contributed by atoms with E-state index in [-0.39, 0.29) is 6.61 Å². The van der Waals surface area contributed by atoms with Crippen LogP contribution in [0.1, 0.15) is 27.2 Å². The molecule has 0 bridgehead atoms. The highest BCUT2D eigenvalue weighted by atomic mass is 16.6. The van der Waals surface area contributed by atoms with Crippen LogP contribution in [0.15, 0.2) is 0 Å². The van der Waals surface area contributed by atoms with Gasteiger partial charge >= 0.3 is 6.09 Å². The summed E-state index contributed by atoms with van der Waals surface area (Å²) in [7, 11) is 0. The van der Waals surface area contributed by atoms with Crippen LogP contribution >= 0.6 is 0 Å². The molecule has 1 heterocycles. The summed E-state index contributed by atoms with van der Waals surface area (Å²) in [6, 6.07) is -0.530. The molecule has 16 heavy (non-hydrogen) atoms. The predicted octanol–water partition coefficient (Wildman–Crippen LogP) is 1.21. The first kappa shape index (κ1) is 13.0. The average Bonchev–Trinajstić information content (AvgIpc) is 2.39. The van der Waals surface area contributed by atoms with Gasteiger partial charge in [0.25, 0.3) is 0 Å². The van der Waals surface area contributed by atoms with Crippen molar-refractivity contribution in [2.75, 3.05) is 19.8 Å². The van der Waals surface area contributed by atoms with Crippen molar-refractivity contribution >= 4 is 12.4 Å². The molecule has 1 saturated heterocycles. The molecule has 0 aromatic rings. The van der Waals surface area contributed by atoms with Crippen molar-refractivity contribution < 1.29 is 19.1 Å². The van der Waals surface area contributed by atoms with E-state index in [1.54, 1.807) is 20.8 Å². The van der Waals surface area contributed by atoms with Gasteiger partial charge in [-0.15, -0.1) is 0 Å². The van der Waals surface area contributed by atoms with Gasteiger partial charge in [-0.2, -0.15) is 0 Å². The Morgan fingerprint density at radius 3 is 2.75 bits per heavy atom. The molecule has 1 aliphatic heterocycles. The normalized spacial score (nSPS) is 22.4. The molecule has 0 aliphatic carbocycles. The molecule has 0 aromatic heterocycles. The SMILES string of the molecule is CC(C)(C)OC(=O)N1CCCOC[C@@H]1C=O. The molecule has 1 atom stereocenters. The minimum Gasteiger partial charge on any atom is -0.444 e. The summed E-state index contributed by atoms with van der Waals surface area (Å²) in [5, 5.41) is 0. The lowest BCUT2D eigenvalue weighted by molar-refractivity contribution is -0.113. The topological polar surface area (TPSA) is 55.8 Å². The first-order chi connectivity index (χ1) is 7.44. The Balaban J connectivity index is 2.66. The van der Waals surface area contributed by atoms with Gasteiger partial charge in [0, 0.05) is 13.2 Å². The van der Waals surface area contributed by atoms with Crippen LogP contribution in [0.2, 0.25) is 0 Å². The maximum absolute atomic E-state index is 11.8. The molecule has 1 aliphatic rings. The molecule has 0 radical (unpaired) electrons. The van der Waals surface area contributed by atoms with Gasteiger partial charge in [0.1, 0.15) is 17.9 Å². The zero-order chi connectivity index (χ0) is 12.2. The fourth-order valence-electron chi connectivity index (χ4n) is 1.46. The van der Waals surface area contributed by atoms with E-state index in [0.717, 1.165) is 12.7 Å². The van der Waals surface area contributed by atoms with E-state index in [9.17, 15) is 9.59 Å². The number of hydrogen-bond acceptors (Lipinski definition) is 4. The van der Waals surface area contributed by atoms with E-state index in [0.29, 0.717) is 13.2 Å². The molecule has 0 unspecified atom stereocenters. The monoisotopic (exact) mass is 229 g/mol. The zero-order valence-corrected chi connectivity index (χ0v) is 10.1. The number of rotatable bonds is 1. The van der Waals surface area contributed by atoms with Crippen molar-refractivity contribution in [2.24, 2.45) is 0 Å². The fraction of sp³-hybridized carbons (Fsp3) is 0.818. The van der Waals surface area contributed by atoms with Crippen LogP contribution in [-0.4, -0.2) is 48.7 Å². The van der Waals surface area contributed by atoms with Crippen LogP contribution in [0.4, 0.5) is 4.79 Å². The lowest BCUT2D eigenvalue weighted by Gasteiger charge is -2.29. The molecule has 5 heteroatoms. The quantitative estimate of drug-likeness (QED) is 0.634. The highest BCUT2D eigenvalue weighted by Gasteiger charge is 2.29. The number of aldehydes is 1. The molecule has 5 nitrogen and oxygen atoms in total. The van der Waals surface area contributed by atoms with Crippen molar-refractivity contribution in [3.05, 3.63) is 0 Å². The maximum atomic E-state index is 11.8. The summed E-state index contributed by atoms with van der Waals surface area (Å²) in [6.07, 6.45) is 1.01. The Labute approximate surface area is 95.7 Å². The Kier molecular flexibility index (Phi) is 4.29. The summed E-state index contributed by atoms with van der Waals surface area (Å²) in [4.78, 5) is 24.1. The van der Waals surface area contributed by atoms with Gasteiger partial charge in [-0.3, -0.25) is 4.90 Å². The molecule has 0 N–H and O–H groups in total. The molecule has 92 valence electrons. The third kappa shape index (κ3) is 3.81. The summed E-state index contributed by atoms with van der Waals surface area (Å²) in [5.41, 5.74) is -0.544. The van der Waals surface area contributed by atoms with Crippen LogP contribution in [0.5, 0.6) is 0 Å². The molecule has 0 spiro atoms. The molecule has 1 fully saturated rings. The maximum Gasteiger partial charge on any atom is 0.410 e. The number of carbonyl (C=O) groups is 2. The first-order valence-electron chi connectivity index (χ1n) is 5.47. The smallest absolute Gasteiger partial charge is 0.410 e. The second kappa shape index (κ2) is 5.30. The number of carbonyl (C=O) groups excluding carboxylic acids is 2. The molecular weight excluding hydrogens is 210 g/mol. The molecule has 1 rings (SSSR count). The minimum absolute atomic E-state index is 0.253. The van der Waals surface area contributed by atoms with Gasteiger partial charge in [0.2, 0.25) is 0 Å². The Hall–Kier alpha value is -1.10. The van der Waals surface area contributed by atoms with Crippen LogP contribution in [-0.2, 0) is 14.3 Å². The van der Waals surface area contributed by atoms with Crippen molar-refractivity contribution in [3.8, 4) is 0 Å². The van der Waals surface area contributed by atoms with E-state index in [2.05, 4.69) is 0 Å². The highest BCUT2D eigenvalue weighted by molar-refractivity contribution is 5.73. The van der Waals surface area contributed by atoms with Crippen LogP contribution in [0.3, 0.4) is 0 Å². The minimum atomic E-state index is -0.544. The van der Waals surface area contributed by atoms with Gasteiger partial charge in [-0.25, -0.2) is 4.79 Å². The van der Waals surface area contributed by atoms with Gasteiger partial charge in [0.15, 0.2) is 0 Å². The van der Waals surface area contributed by atoms with Crippen LogP contribution in [0.25, 0.3) is 0 Å². The van der Waals surface area contributed by atoms with Crippen molar-refractivity contribution in [2.45, 2.75) is 38.8 Å². The van der Waals surface area contributed by atoms with E-state index < -0.39 is 17.7 Å². The standard InChI is InChI=1S/C11H19NO4/c1-11(2,3)16-10(14)12-5-4-6-15-8-9(12)7-13/h7,9H,4-6,8H2,1-3H3/t9-/m0/s1. The van der Waals surface area contributed by atoms with Crippen molar-refractivity contribution in [1.29, 1.82) is 0 Å². The molecule has 0 aromatic carbocycles. The van der Waals surface area contributed by atoms with Gasteiger partial charge in [0.05, 0.1) is 6.61 Å². The largest absolute Gasteiger partial charge is 0.444 e. The molecule has 1 amide bonds. The average molecular weight is 229 g/mol. The molecule has 0 saturated carbocycles.